The van der Waals surface area contributed by atoms with E-state index in [4.69, 9.17) is 4.74 Å². The van der Waals surface area contributed by atoms with Crippen LogP contribution in [-0.2, 0) is 13.0 Å². The van der Waals surface area contributed by atoms with Crippen LogP contribution in [0.4, 0.5) is 0 Å². The molecular formula is C15H17NOS. The highest BCUT2D eigenvalue weighted by Gasteiger charge is 2.16. The Hall–Kier alpha value is -1.32. The SMILES string of the molecule is CNCc1cc(-c2cccc3c2OCCC3)cs1. The smallest absolute Gasteiger partial charge is 0.130 e. The van der Waals surface area contributed by atoms with Crippen LogP contribution in [0.3, 0.4) is 0 Å². The minimum absolute atomic E-state index is 0.845. The van der Waals surface area contributed by atoms with E-state index >= 15 is 0 Å². The molecule has 1 aromatic heterocycles. The van der Waals surface area contributed by atoms with Gasteiger partial charge < -0.3 is 10.1 Å². The first-order chi connectivity index (χ1) is 8.88. The van der Waals surface area contributed by atoms with Gasteiger partial charge in [0.1, 0.15) is 5.75 Å². The molecule has 0 amide bonds. The molecular weight excluding hydrogens is 242 g/mol. The second-order valence-electron chi connectivity index (χ2n) is 4.58. The number of thiophene rings is 1. The Morgan fingerprint density at radius 3 is 3.22 bits per heavy atom. The summed E-state index contributed by atoms with van der Waals surface area (Å²) in [6, 6.07) is 8.74. The van der Waals surface area contributed by atoms with Crippen LogP contribution in [0.1, 0.15) is 16.9 Å². The number of hydrogen-bond acceptors (Lipinski definition) is 3. The summed E-state index contributed by atoms with van der Waals surface area (Å²) in [5.41, 5.74) is 3.87. The van der Waals surface area contributed by atoms with Gasteiger partial charge in [0.15, 0.2) is 0 Å². The maximum absolute atomic E-state index is 5.87. The van der Waals surface area contributed by atoms with Gasteiger partial charge in [0.25, 0.3) is 0 Å². The Kier molecular flexibility index (Phi) is 3.35. The molecule has 0 aliphatic carbocycles. The summed E-state index contributed by atoms with van der Waals surface area (Å²) < 4.78 is 5.87. The highest BCUT2D eigenvalue weighted by atomic mass is 32.1. The van der Waals surface area contributed by atoms with Gasteiger partial charge in [0, 0.05) is 17.0 Å². The molecule has 0 radical (unpaired) electrons. The molecule has 18 heavy (non-hydrogen) atoms. The number of nitrogens with one attached hydrogen (secondary N) is 1. The van der Waals surface area contributed by atoms with Gasteiger partial charge in [-0.1, -0.05) is 18.2 Å². The fraction of sp³-hybridized carbons (Fsp3) is 0.333. The second kappa shape index (κ2) is 5.12. The normalized spacial score (nSPS) is 14.1. The van der Waals surface area contributed by atoms with E-state index in [2.05, 4.69) is 35.0 Å². The molecule has 2 nitrogen and oxygen atoms in total. The van der Waals surface area contributed by atoms with Crippen LogP contribution in [0.5, 0.6) is 5.75 Å². The molecule has 1 aromatic carbocycles. The van der Waals surface area contributed by atoms with Crippen LogP contribution in [0.25, 0.3) is 11.1 Å². The van der Waals surface area contributed by atoms with Crippen LogP contribution in [-0.4, -0.2) is 13.7 Å². The first-order valence-electron chi connectivity index (χ1n) is 6.35. The quantitative estimate of drug-likeness (QED) is 0.911. The zero-order valence-corrected chi connectivity index (χ0v) is 11.3. The molecule has 0 bridgehead atoms. The number of hydrogen-bond donors (Lipinski definition) is 1. The van der Waals surface area contributed by atoms with E-state index < -0.39 is 0 Å². The molecule has 0 fully saturated rings. The van der Waals surface area contributed by atoms with E-state index in [9.17, 15) is 0 Å². The van der Waals surface area contributed by atoms with Gasteiger partial charge in [-0.3, -0.25) is 0 Å². The minimum atomic E-state index is 0.845. The number of rotatable bonds is 3. The summed E-state index contributed by atoms with van der Waals surface area (Å²) in [5, 5.41) is 5.41. The average molecular weight is 259 g/mol. The standard InChI is InChI=1S/C15H17NOS/c1-16-9-13-8-12(10-18-13)14-6-2-4-11-5-3-7-17-15(11)14/h2,4,6,8,10,16H,3,5,7,9H2,1H3. The molecule has 0 unspecified atom stereocenters. The number of benzene rings is 1. The van der Waals surface area contributed by atoms with Crippen molar-refractivity contribution in [1.29, 1.82) is 0 Å². The maximum Gasteiger partial charge on any atom is 0.130 e. The summed E-state index contributed by atoms with van der Waals surface area (Å²) >= 11 is 1.80. The zero-order chi connectivity index (χ0) is 12.4. The molecule has 1 aliphatic heterocycles. The fourth-order valence-electron chi connectivity index (χ4n) is 2.41. The van der Waals surface area contributed by atoms with Gasteiger partial charge in [0.05, 0.1) is 6.61 Å². The lowest BCUT2D eigenvalue weighted by Gasteiger charge is -2.19. The predicted octanol–water partition coefficient (Wildman–Crippen LogP) is 3.46. The second-order valence-corrected chi connectivity index (χ2v) is 5.57. The predicted molar refractivity (Wildman–Crippen MR) is 76.3 cm³/mol. The van der Waals surface area contributed by atoms with E-state index in [0.29, 0.717) is 0 Å². The Bertz CT molecular complexity index is 547. The van der Waals surface area contributed by atoms with Crippen molar-refractivity contribution in [3.05, 3.63) is 40.1 Å². The lowest BCUT2D eigenvalue weighted by molar-refractivity contribution is 0.289. The lowest BCUT2D eigenvalue weighted by Crippen LogP contribution is -2.09. The minimum Gasteiger partial charge on any atom is -0.493 e. The highest BCUT2D eigenvalue weighted by molar-refractivity contribution is 7.10. The first-order valence-corrected chi connectivity index (χ1v) is 7.23. The number of fused-ring (bicyclic) bond motifs is 1. The van der Waals surface area contributed by atoms with Gasteiger partial charge in [-0.15, -0.1) is 11.3 Å². The summed E-state index contributed by atoms with van der Waals surface area (Å²) in [6.07, 6.45) is 2.27. The lowest BCUT2D eigenvalue weighted by atomic mass is 9.99. The summed E-state index contributed by atoms with van der Waals surface area (Å²) in [4.78, 5) is 1.36. The van der Waals surface area contributed by atoms with Crippen molar-refractivity contribution in [1.82, 2.24) is 5.32 Å². The molecule has 3 rings (SSSR count). The molecule has 0 atom stereocenters. The molecule has 94 valence electrons. The third-order valence-electron chi connectivity index (χ3n) is 3.25. The summed E-state index contributed by atoms with van der Waals surface area (Å²) in [5.74, 6) is 1.09. The monoisotopic (exact) mass is 259 g/mol. The van der Waals surface area contributed by atoms with Crippen molar-refractivity contribution in [3.63, 3.8) is 0 Å². The van der Waals surface area contributed by atoms with Crippen molar-refractivity contribution < 1.29 is 4.74 Å². The molecule has 3 heteroatoms. The van der Waals surface area contributed by atoms with Crippen molar-refractivity contribution in [2.75, 3.05) is 13.7 Å². The number of para-hydroxylation sites is 1. The van der Waals surface area contributed by atoms with E-state index in [1.54, 1.807) is 11.3 Å². The van der Waals surface area contributed by atoms with Crippen LogP contribution >= 0.6 is 11.3 Å². The van der Waals surface area contributed by atoms with Crippen LogP contribution in [0.2, 0.25) is 0 Å². The molecule has 0 saturated carbocycles. The third kappa shape index (κ3) is 2.16. The topological polar surface area (TPSA) is 21.3 Å². The van der Waals surface area contributed by atoms with Crippen molar-refractivity contribution in [2.24, 2.45) is 0 Å². The Balaban J connectivity index is 2.00. The molecule has 2 aromatic rings. The molecule has 1 N–H and O–H groups in total. The number of aryl methyl sites for hydroxylation is 1. The van der Waals surface area contributed by atoms with Crippen molar-refractivity contribution in [3.8, 4) is 16.9 Å². The van der Waals surface area contributed by atoms with Crippen LogP contribution < -0.4 is 10.1 Å². The van der Waals surface area contributed by atoms with Crippen molar-refractivity contribution >= 4 is 11.3 Å². The first kappa shape index (κ1) is 11.8. The summed E-state index contributed by atoms with van der Waals surface area (Å²) in [6.45, 7) is 1.78. The van der Waals surface area contributed by atoms with Crippen LogP contribution in [0, 0.1) is 0 Å². The Morgan fingerprint density at radius 2 is 2.33 bits per heavy atom. The molecule has 0 saturated heterocycles. The van der Waals surface area contributed by atoms with Crippen molar-refractivity contribution in [2.45, 2.75) is 19.4 Å². The van der Waals surface area contributed by atoms with E-state index in [1.807, 2.05) is 7.05 Å². The van der Waals surface area contributed by atoms with E-state index in [-0.39, 0.29) is 0 Å². The zero-order valence-electron chi connectivity index (χ0n) is 10.5. The Labute approximate surface area is 112 Å². The maximum atomic E-state index is 5.87. The fourth-order valence-corrected chi connectivity index (χ4v) is 3.30. The van der Waals surface area contributed by atoms with Gasteiger partial charge in [-0.25, -0.2) is 0 Å². The third-order valence-corrected chi connectivity index (χ3v) is 4.19. The van der Waals surface area contributed by atoms with Gasteiger partial charge >= 0.3 is 0 Å². The van der Waals surface area contributed by atoms with Gasteiger partial charge in [-0.05, 0) is 42.5 Å². The Morgan fingerprint density at radius 1 is 1.39 bits per heavy atom. The molecule has 1 aliphatic rings. The number of ether oxygens (including phenoxy) is 1. The largest absolute Gasteiger partial charge is 0.493 e. The van der Waals surface area contributed by atoms with E-state index in [0.717, 1.165) is 31.7 Å². The van der Waals surface area contributed by atoms with Crippen LogP contribution in [0.15, 0.2) is 29.6 Å². The van der Waals surface area contributed by atoms with Gasteiger partial charge in [0.2, 0.25) is 0 Å². The van der Waals surface area contributed by atoms with E-state index in [1.165, 1.54) is 21.6 Å². The average Bonchev–Trinajstić information content (AvgIpc) is 2.87. The van der Waals surface area contributed by atoms with Gasteiger partial charge in [-0.2, -0.15) is 0 Å². The molecule has 2 heterocycles. The summed E-state index contributed by atoms with van der Waals surface area (Å²) in [7, 11) is 1.98. The highest BCUT2D eigenvalue weighted by Crippen LogP contribution is 2.37. The molecule has 0 spiro atoms.